The first-order chi connectivity index (χ1) is 8.30. The van der Waals surface area contributed by atoms with E-state index in [0.717, 1.165) is 36.0 Å². The van der Waals surface area contributed by atoms with E-state index in [1.54, 1.807) is 0 Å². The molecule has 1 heterocycles. The summed E-state index contributed by atoms with van der Waals surface area (Å²) in [7, 11) is 0. The number of hydroxylamine groups is 1. The van der Waals surface area contributed by atoms with Crippen LogP contribution in [0.3, 0.4) is 0 Å². The van der Waals surface area contributed by atoms with E-state index < -0.39 is 5.66 Å². The summed E-state index contributed by atoms with van der Waals surface area (Å²) in [6, 6.07) is 9.83. The first-order valence-electron chi connectivity index (χ1n) is 6.19. The summed E-state index contributed by atoms with van der Waals surface area (Å²) in [5.41, 5.74) is 1.15. The van der Waals surface area contributed by atoms with E-state index in [4.69, 9.17) is 0 Å². The maximum Gasteiger partial charge on any atom is 1.00 e. The van der Waals surface area contributed by atoms with Gasteiger partial charge in [-0.25, -0.2) is 4.99 Å². The monoisotopic (exact) mass is 234 g/mol. The molecule has 0 aromatic heterocycles. The van der Waals surface area contributed by atoms with Gasteiger partial charge in [-0.3, -0.25) is 4.74 Å². The summed E-state index contributed by atoms with van der Waals surface area (Å²) in [5, 5.41) is 12.0. The van der Waals surface area contributed by atoms with Crippen molar-refractivity contribution >= 4 is 11.9 Å². The number of rotatable bonds is 1. The van der Waals surface area contributed by atoms with Gasteiger partial charge in [0.2, 0.25) is 5.66 Å². The molecule has 88 valence electrons. The minimum absolute atomic E-state index is 0. The van der Waals surface area contributed by atoms with Gasteiger partial charge in [0.1, 0.15) is 0 Å². The molecular weight excluding hydrogens is 219 g/mol. The normalized spacial score (nSPS) is 21.1. The van der Waals surface area contributed by atoms with Gasteiger partial charge in [-0.1, -0.05) is 24.6 Å². The number of hydrogen-bond donors (Lipinski definition) is 0. The largest absolute Gasteiger partial charge is 1.00 e. The molecule has 1 aliphatic heterocycles. The predicted octanol–water partition coefficient (Wildman–Crippen LogP) is -0.388. The topological polar surface area (TPSA) is 38.4 Å². The molecule has 0 radical (unpaired) electrons. The van der Waals surface area contributed by atoms with Gasteiger partial charge in [0.25, 0.3) is 0 Å². The summed E-state index contributed by atoms with van der Waals surface area (Å²) in [5.74, 6) is 0. The number of aliphatic imine (C=N–C) groups is 1. The molecular formula is C14H15LiN2O. The Morgan fingerprint density at radius 3 is 2.44 bits per heavy atom. The van der Waals surface area contributed by atoms with E-state index in [-0.39, 0.29) is 18.9 Å². The molecule has 1 aromatic rings. The Morgan fingerprint density at radius 2 is 1.78 bits per heavy atom. The van der Waals surface area contributed by atoms with E-state index in [0.29, 0.717) is 5.71 Å². The standard InChI is InChI=1S/C14H15N2O.Li/c17-16-11-13(12-7-3-1-4-8-12)15-14(16)9-5-2-6-10-14;/h1,3-4,7-8H,2,5-6,9-10H2;/q-1;+1. The van der Waals surface area contributed by atoms with Crippen molar-refractivity contribution < 1.29 is 23.6 Å². The van der Waals surface area contributed by atoms with Crippen LogP contribution in [0.2, 0.25) is 0 Å². The van der Waals surface area contributed by atoms with E-state index in [9.17, 15) is 5.21 Å². The summed E-state index contributed by atoms with van der Waals surface area (Å²) in [4.78, 5) is 4.65. The first kappa shape index (κ1) is 13.4. The minimum Gasteiger partial charge on any atom is -0.638 e. The van der Waals surface area contributed by atoms with E-state index in [1.807, 2.05) is 30.3 Å². The van der Waals surface area contributed by atoms with Gasteiger partial charge in [0.15, 0.2) is 0 Å². The van der Waals surface area contributed by atoms with Crippen molar-refractivity contribution in [2.75, 3.05) is 0 Å². The fourth-order valence-corrected chi connectivity index (χ4v) is 2.64. The number of benzene rings is 1. The van der Waals surface area contributed by atoms with Crippen molar-refractivity contribution in [1.82, 2.24) is 0 Å². The molecule has 1 aromatic carbocycles. The van der Waals surface area contributed by atoms with E-state index in [2.05, 4.69) is 11.2 Å². The maximum atomic E-state index is 12.0. The van der Waals surface area contributed by atoms with Crippen LogP contribution in [0, 0.1) is 5.21 Å². The van der Waals surface area contributed by atoms with Gasteiger partial charge < -0.3 is 5.21 Å². The Hall–Kier alpha value is -1.04. The van der Waals surface area contributed by atoms with Crippen LogP contribution in [-0.4, -0.2) is 22.3 Å². The van der Waals surface area contributed by atoms with Crippen LogP contribution in [0.15, 0.2) is 35.3 Å². The molecule has 1 fully saturated rings. The number of nitrogens with zero attached hydrogens (tertiary/aromatic N) is 2. The average molecular weight is 234 g/mol. The van der Waals surface area contributed by atoms with Gasteiger partial charge in [0, 0.05) is 12.8 Å². The maximum absolute atomic E-state index is 12.0. The predicted molar refractivity (Wildman–Crippen MR) is 67.4 cm³/mol. The van der Waals surface area contributed by atoms with Crippen molar-refractivity contribution in [3.05, 3.63) is 41.1 Å². The SMILES string of the molecule is [Li+].[O-][N+]1=[C-]C(c2ccccc2)=NC12CCCCC2. The molecule has 0 unspecified atom stereocenters. The average Bonchev–Trinajstić information content (AvgIpc) is 2.69. The van der Waals surface area contributed by atoms with Crippen molar-refractivity contribution in [1.29, 1.82) is 0 Å². The van der Waals surface area contributed by atoms with E-state index >= 15 is 0 Å². The molecule has 0 saturated heterocycles. The van der Waals surface area contributed by atoms with Crippen molar-refractivity contribution in [2.24, 2.45) is 4.99 Å². The minimum atomic E-state index is -0.538. The van der Waals surface area contributed by atoms with Crippen LogP contribution in [0.4, 0.5) is 0 Å². The fourth-order valence-electron chi connectivity index (χ4n) is 2.64. The van der Waals surface area contributed by atoms with Crippen molar-refractivity contribution in [3.8, 4) is 0 Å². The van der Waals surface area contributed by atoms with Gasteiger partial charge in [-0.05, 0) is 18.6 Å². The Bertz CT molecular complexity index is 476. The van der Waals surface area contributed by atoms with Crippen LogP contribution in [0.5, 0.6) is 0 Å². The third-order valence-corrected chi connectivity index (χ3v) is 3.61. The fraction of sp³-hybridized carbons (Fsp3) is 0.429. The van der Waals surface area contributed by atoms with Gasteiger partial charge in [0.05, 0.1) is 6.21 Å². The first-order valence-corrected chi connectivity index (χ1v) is 6.19. The molecule has 3 nitrogen and oxygen atoms in total. The quantitative estimate of drug-likeness (QED) is 0.282. The van der Waals surface area contributed by atoms with Crippen molar-refractivity contribution in [2.45, 2.75) is 37.8 Å². The van der Waals surface area contributed by atoms with Gasteiger partial charge >= 0.3 is 18.9 Å². The van der Waals surface area contributed by atoms with Crippen LogP contribution in [-0.2, 0) is 0 Å². The Labute approximate surface area is 119 Å². The Balaban J connectivity index is 0.00000120. The van der Waals surface area contributed by atoms with Crippen LogP contribution in [0.25, 0.3) is 0 Å². The summed E-state index contributed by atoms with van der Waals surface area (Å²) in [6.07, 6.45) is 7.97. The second-order valence-corrected chi connectivity index (χ2v) is 4.78. The Kier molecular flexibility index (Phi) is 3.94. The third-order valence-electron chi connectivity index (χ3n) is 3.61. The molecule has 3 rings (SSSR count). The van der Waals surface area contributed by atoms with Gasteiger partial charge in [-0.15, -0.1) is 17.7 Å². The van der Waals surface area contributed by atoms with Gasteiger partial charge in [-0.2, -0.15) is 0 Å². The molecule has 18 heavy (non-hydrogen) atoms. The molecule has 1 saturated carbocycles. The second-order valence-electron chi connectivity index (χ2n) is 4.78. The van der Waals surface area contributed by atoms with E-state index in [1.165, 1.54) is 6.42 Å². The summed E-state index contributed by atoms with van der Waals surface area (Å²) in [6.45, 7) is 0. The Morgan fingerprint density at radius 1 is 1.11 bits per heavy atom. The molecule has 0 atom stereocenters. The second kappa shape index (κ2) is 5.30. The third kappa shape index (κ3) is 2.25. The molecule has 0 bridgehead atoms. The molecule has 1 aliphatic carbocycles. The zero-order chi connectivity index (χ0) is 11.7. The van der Waals surface area contributed by atoms with Crippen molar-refractivity contribution in [3.63, 3.8) is 0 Å². The summed E-state index contributed by atoms with van der Waals surface area (Å²) < 4.78 is 0.953. The smallest absolute Gasteiger partial charge is 0.638 e. The summed E-state index contributed by atoms with van der Waals surface area (Å²) >= 11 is 0. The number of hydrogen-bond acceptors (Lipinski definition) is 2. The zero-order valence-electron chi connectivity index (χ0n) is 10.7. The molecule has 2 aliphatic rings. The molecule has 4 heteroatoms. The molecule has 0 N–H and O–H groups in total. The zero-order valence-corrected chi connectivity index (χ0v) is 10.7. The molecule has 0 amide bonds. The van der Waals surface area contributed by atoms with Crippen LogP contribution >= 0.6 is 0 Å². The van der Waals surface area contributed by atoms with Crippen LogP contribution in [0.1, 0.15) is 37.7 Å². The molecule has 1 spiro atoms. The van der Waals surface area contributed by atoms with Crippen LogP contribution < -0.4 is 18.9 Å².